The Morgan fingerprint density at radius 2 is 2.05 bits per heavy atom. The van der Waals surface area contributed by atoms with Crippen molar-refractivity contribution in [3.8, 4) is 0 Å². The molecule has 1 aromatic carbocycles. The Bertz CT molecular complexity index is 490. The summed E-state index contributed by atoms with van der Waals surface area (Å²) < 4.78 is 12.8. The van der Waals surface area contributed by atoms with Crippen LogP contribution in [0.2, 0.25) is 0 Å². The number of hydrogen-bond donors (Lipinski definition) is 2. The Kier molecular flexibility index (Phi) is 4.55. The zero-order valence-electron chi connectivity index (χ0n) is 11.4. The first kappa shape index (κ1) is 14.3. The number of anilines is 1. The lowest BCUT2D eigenvalue weighted by Gasteiger charge is -2.23. The Morgan fingerprint density at radius 3 is 2.70 bits per heavy atom. The van der Waals surface area contributed by atoms with Gasteiger partial charge in [-0.25, -0.2) is 4.39 Å². The number of halogens is 1. The Labute approximate surface area is 117 Å². The van der Waals surface area contributed by atoms with E-state index in [-0.39, 0.29) is 30.2 Å². The Morgan fingerprint density at radius 1 is 1.35 bits per heavy atom. The number of rotatable bonds is 4. The molecule has 5 nitrogen and oxygen atoms in total. The van der Waals surface area contributed by atoms with Crippen molar-refractivity contribution in [1.29, 1.82) is 0 Å². The number of nitrogens with one attached hydrogen (secondary N) is 2. The zero-order chi connectivity index (χ0) is 14.5. The second-order valence-electron chi connectivity index (χ2n) is 4.72. The minimum atomic E-state index is -0.373. The predicted molar refractivity (Wildman–Crippen MR) is 73.7 cm³/mol. The SMILES string of the molecule is CNC(=O)[C@@H]1CCCN1C(=O)CNc1ccc(F)cc1. The maximum atomic E-state index is 12.8. The van der Waals surface area contributed by atoms with E-state index in [1.165, 1.54) is 12.1 Å². The molecule has 0 aromatic heterocycles. The minimum Gasteiger partial charge on any atom is -0.376 e. The van der Waals surface area contributed by atoms with Gasteiger partial charge in [-0.3, -0.25) is 9.59 Å². The summed E-state index contributed by atoms with van der Waals surface area (Å²) in [5.74, 6) is -0.570. The largest absolute Gasteiger partial charge is 0.376 e. The molecule has 108 valence electrons. The van der Waals surface area contributed by atoms with Gasteiger partial charge in [0, 0.05) is 19.3 Å². The van der Waals surface area contributed by atoms with E-state index in [9.17, 15) is 14.0 Å². The van der Waals surface area contributed by atoms with Crippen molar-refractivity contribution < 1.29 is 14.0 Å². The minimum absolute atomic E-state index is 0.0964. The van der Waals surface area contributed by atoms with E-state index in [2.05, 4.69) is 10.6 Å². The molecule has 1 aromatic rings. The molecule has 0 unspecified atom stereocenters. The fourth-order valence-electron chi connectivity index (χ4n) is 2.35. The van der Waals surface area contributed by atoms with Gasteiger partial charge in [0.1, 0.15) is 11.9 Å². The highest BCUT2D eigenvalue weighted by molar-refractivity contribution is 5.89. The average Bonchev–Trinajstić information content (AvgIpc) is 2.95. The number of hydrogen-bond acceptors (Lipinski definition) is 3. The molecule has 2 amide bonds. The monoisotopic (exact) mass is 279 g/mol. The molecule has 6 heteroatoms. The maximum Gasteiger partial charge on any atom is 0.242 e. The standard InChI is InChI=1S/C14H18FN3O2/c1-16-14(20)12-3-2-8-18(12)13(19)9-17-11-6-4-10(15)5-7-11/h4-7,12,17H,2-3,8-9H2,1H3,(H,16,20)/t12-/m0/s1. The third-order valence-corrected chi connectivity index (χ3v) is 3.41. The summed E-state index contributed by atoms with van der Waals surface area (Å²) in [7, 11) is 1.57. The van der Waals surface area contributed by atoms with E-state index < -0.39 is 0 Å². The van der Waals surface area contributed by atoms with Gasteiger partial charge >= 0.3 is 0 Å². The van der Waals surface area contributed by atoms with E-state index in [0.717, 1.165) is 6.42 Å². The fourth-order valence-corrected chi connectivity index (χ4v) is 2.35. The van der Waals surface area contributed by atoms with Crippen molar-refractivity contribution in [2.24, 2.45) is 0 Å². The van der Waals surface area contributed by atoms with Gasteiger partial charge in [-0.2, -0.15) is 0 Å². The first-order valence-corrected chi connectivity index (χ1v) is 6.62. The molecule has 20 heavy (non-hydrogen) atoms. The summed E-state index contributed by atoms with van der Waals surface area (Å²) >= 11 is 0. The lowest BCUT2D eigenvalue weighted by molar-refractivity contribution is -0.136. The molecule has 1 aliphatic heterocycles. The maximum absolute atomic E-state index is 12.8. The molecule has 2 N–H and O–H groups in total. The Hall–Kier alpha value is -2.11. The van der Waals surface area contributed by atoms with Gasteiger partial charge in [0.25, 0.3) is 0 Å². The van der Waals surface area contributed by atoms with Crippen molar-refractivity contribution in [2.75, 3.05) is 25.5 Å². The first-order valence-electron chi connectivity index (χ1n) is 6.62. The van der Waals surface area contributed by atoms with Crippen molar-refractivity contribution in [3.63, 3.8) is 0 Å². The van der Waals surface area contributed by atoms with Crippen molar-refractivity contribution >= 4 is 17.5 Å². The van der Waals surface area contributed by atoms with Crippen LogP contribution >= 0.6 is 0 Å². The summed E-state index contributed by atoms with van der Waals surface area (Å²) in [5.41, 5.74) is 0.676. The van der Waals surface area contributed by atoms with Crippen LogP contribution in [0.1, 0.15) is 12.8 Å². The van der Waals surface area contributed by atoms with Gasteiger partial charge < -0.3 is 15.5 Å². The van der Waals surface area contributed by atoms with Crippen molar-refractivity contribution in [2.45, 2.75) is 18.9 Å². The molecular weight excluding hydrogens is 261 g/mol. The van der Waals surface area contributed by atoms with Gasteiger partial charge in [-0.05, 0) is 37.1 Å². The highest BCUT2D eigenvalue weighted by Gasteiger charge is 2.33. The van der Waals surface area contributed by atoms with Crippen LogP contribution in [0.25, 0.3) is 0 Å². The summed E-state index contributed by atoms with van der Waals surface area (Å²) in [6.45, 7) is 0.696. The van der Waals surface area contributed by atoms with Gasteiger partial charge in [0.2, 0.25) is 11.8 Å². The molecule has 0 spiro atoms. The molecule has 1 fully saturated rings. The number of likely N-dealkylation sites (N-methyl/N-ethyl adjacent to an activating group) is 1. The van der Waals surface area contributed by atoms with Gasteiger partial charge in [-0.15, -0.1) is 0 Å². The van der Waals surface area contributed by atoms with Crippen LogP contribution in [0.15, 0.2) is 24.3 Å². The van der Waals surface area contributed by atoms with Crippen LogP contribution in [0.5, 0.6) is 0 Å². The molecule has 1 aliphatic rings. The fraction of sp³-hybridized carbons (Fsp3) is 0.429. The van der Waals surface area contributed by atoms with Gasteiger partial charge in [0.15, 0.2) is 0 Å². The second-order valence-corrected chi connectivity index (χ2v) is 4.72. The highest BCUT2D eigenvalue weighted by atomic mass is 19.1. The van der Waals surface area contributed by atoms with Gasteiger partial charge in [0.05, 0.1) is 6.54 Å². The lowest BCUT2D eigenvalue weighted by Crippen LogP contribution is -2.46. The number of carbonyl (C=O) groups excluding carboxylic acids is 2. The van der Waals surface area contributed by atoms with Crippen LogP contribution < -0.4 is 10.6 Å². The van der Waals surface area contributed by atoms with Gasteiger partial charge in [-0.1, -0.05) is 0 Å². The van der Waals surface area contributed by atoms with Crippen molar-refractivity contribution in [1.82, 2.24) is 10.2 Å². The van der Waals surface area contributed by atoms with E-state index in [0.29, 0.717) is 18.7 Å². The van der Waals surface area contributed by atoms with E-state index >= 15 is 0 Å². The third-order valence-electron chi connectivity index (χ3n) is 3.41. The van der Waals surface area contributed by atoms with E-state index in [1.54, 1.807) is 24.1 Å². The molecular formula is C14H18FN3O2. The molecule has 2 rings (SSSR count). The molecule has 1 saturated heterocycles. The van der Waals surface area contributed by atoms with E-state index in [4.69, 9.17) is 0 Å². The summed E-state index contributed by atoms with van der Waals surface area (Å²) in [4.78, 5) is 25.4. The molecule has 1 heterocycles. The summed E-state index contributed by atoms with van der Waals surface area (Å²) in [6, 6.07) is 5.43. The van der Waals surface area contributed by atoms with Crippen LogP contribution in [0.4, 0.5) is 10.1 Å². The zero-order valence-corrected chi connectivity index (χ0v) is 11.4. The normalized spacial score (nSPS) is 17.9. The molecule has 0 saturated carbocycles. The number of nitrogens with zero attached hydrogens (tertiary/aromatic N) is 1. The molecule has 0 bridgehead atoms. The Balaban J connectivity index is 1.91. The number of likely N-dealkylation sites (tertiary alicyclic amines) is 1. The first-order chi connectivity index (χ1) is 9.61. The number of carbonyl (C=O) groups is 2. The smallest absolute Gasteiger partial charge is 0.242 e. The predicted octanol–water partition coefficient (Wildman–Crippen LogP) is 0.975. The van der Waals surface area contributed by atoms with Crippen LogP contribution in [0, 0.1) is 5.82 Å². The quantitative estimate of drug-likeness (QED) is 0.863. The third kappa shape index (κ3) is 3.26. The molecule has 0 radical (unpaired) electrons. The lowest BCUT2D eigenvalue weighted by atomic mass is 10.2. The number of amides is 2. The highest BCUT2D eigenvalue weighted by Crippen LogP contribution is 2.17. The molecule has 1 atom stereocenters. The summed E-state index contributed by atoms with van der Waals surface area (Å²) in [5, 5.41) is 5.51. The summed E-state index contributed by atoms with van der Waals surface area (Å²) in [6.07, 6.45) is 1.53. The van der Waals surface area contributed by atoms with Crippen LogP contribution in [-0.2, 0) is 9.59 Å². The van der Waals surface area contributed by atoms with Crippen LogP contribution in [-0.4, -0.2) is 42.9 Å². The van der Waals surface area contributed by atoms with E-state index in [1.807, 2.05) is 0 Å². The topological polar surface area (TPSA) is 61.4 Å². The second kappa shape index (κ2) is 6.36. The molecule has 0 aliphatic carbocycles. The van der Waals surface area contributed by atoms with Crippen LogP contribution in [0.3, 0.4) is 0 Å². The van der Waals surface area contributed by atoms with Crippen molar-refractivity contribution in [3.05, 3.63) is 30.1 Å². The average molecular weight is 279 g/mol. The number of benzene rings is 1.